The van der Waals surface area contributed by atoms with Gasteiger partial charge in [0.1, 0.15) is 19.7 Å². The Morgan fingerprint density at radius 1 is 1.11 bits per heavy atom. The maximum Gasteiger partial charge on any atom is 0.223 e. The van der Waals surface area contributed by atoms with Crippen molar-refractivity contribution in [3.8, 4) is 10.4 Å². The van der Waals surface area contributed by atoms with E-state index in [1.54, 1.807) is 16.2 Å². The highest BCUT2D eigenvalue weighted by Crippen LogP contribution is 2.27. The topological polar surface area (TPSA) is 191 Å². The van der Waals surface area contributed by atoms with Crippen LogP contribution < -0.4 is 11.1 Å². The number of β-amino-alcohol motifs (C(OH)–C–C–N with tert-alkyl or cyclic N) is 1. The molecule has 3 rings (SSSR count). The summed E-state index contributed by atoms with van der Waals surface area (Å²) >= 11 is 1.70. The average Bonchev–Trinajstić information content (AvgIpc) is 3.69. The van der Waals surface area contributed by atoms with E-state index >= 15 is 0 Å². The van der Waals surface area contributed by atoms with Crippen LogP contribution in [-0.4, -0.2) is 118 Å². The molecule has 1 saturated heterocycles. The predicted octanol–water partition coefficient (Wildman–Crippen LogP) is 2.63. The number of nitrogens with one attached hydrogen (secondary N) is 1. The van der Waals surface area contributed by atoms with Crippen LogP contribution in [-0.2, 0) is 39.9 Å². The first-order valence-electron chi connectivity index (χ1n) is 15.2. The summed E-state index contributed by atoms with van der Waals surface area (Å²) in [4.78, 5) is 45.3. The van der Waals surface area contributed by atoms with Gasteiger partial charge in [-0.1, -0.05) is 45.0 Å². The number of nitrogens with zero attached hydrogens (tertiary/aromatic N) is 2. The molecule has 1 aromatic heterocycles. The number of primary amides is 1. The first-order chi connectivity index (χ1) is 22.5. The lowest BCUT2D eigenvalue weighted by Crippen LogP contribution is -2.32. The normalized spacial score (nSPS) is 13.0. The molecule has 5 N–H and O–H groups in total. The first kappa shape index (κ1) is 48.3. The molecule has 0 spiro atoms. The van der Waals surface area contributed by atoms with Crippen LogP contribution in [0.5, 0.6) is 0 Å². The molecule has 0 bridgehead atoms. The summed E-state index contributed by atoms with van der Waals surface area (Å²) < 4.78 is 15.0. The number of aliphatic hydroxyl groups excluding tert-OH is 2. The Morgan fingerprint density at radius 2 is 1.66 bits per heavy atom. The molecule has 2 heterocycles. The third kappa shape index (κ3) is 27.7. The lowest BCUT2D eigenvalue weighted by Gasteiger charge is -2.22. The molecular formula is C33H58N4O9S. The van der Waals surface area contributed by atoms with Crippen LogP contribution in [0.4, 0.5) is 0 Å². The van der Waals surface area contributed by atoms with Crippen LogP contribution in [0, 0.1) is 12.3 Å². The number of thiazole rings is 1. The van der Waals surface area contributed by atoms with E-state index in [2.05, 4.69) is 61.1 Å². The molecule has 1 aliphatic rings. The van der Waals surface area contributed by atoms with Gasteiger partial charge in [-0.15, -0.1) is 11.3 Å². The second kappa shape index (κ2) is 32.8. The fraction of sp³-hybridized carbons (Fsp3) is 0.606. The first-order valence-corrected chi connectivity index (χ1v) is 16.1. The monoisotopic (exact) mass is 686 g/mol. The van der Waals surface area contributed by atoms with Crippen LogP contribution in [0.15, 0.2) is 29.8 Å². The van der Waals surface area contributed by atoms with Gasteiger partial charge in [0.05, 0.1) is 48.6 Å². The molecular weight excluding hydrogens is 628 g/mol. The third-order valence-corrected chi connectivity index (χ3v) is 6.65. The Balaban J connectivity index is -0.000000566. The van der Waals surface area contributed by atoms with Crippen molar-refractivity contribution >= 4 is 36.7 Å². The molecule has 1 aliphatic heterocycles. The smallest absolute Gasteiger partial charge is 0.223 e. The lowest BCUT2D eigenvalue weighted by atomic mass is 9.92. The van der Waals surface area contributed by atoms with E-state index in [1.165, 1.54) is 16.0 Å². The molecule has 1 atom stereocenters. The summed E-state index contributed by atoms with van der Waals surface area (Å²) in [6.07, 6.45) is 1.97. The number of ether oxygens (including phenoxy) is 3. The van der Waals surface area contributed by atoms with Gasteiger partial charge in [0.25, 0.3) is 0 Å². The maximum atomic E-state index is 11.6. The van der Waals surface area contributed by atoms with Gasteiger partial charge >= 0.3 is 0 Å². The van der Waals surface area contributed by atoms with E-state index in [0.717, 1.165) is 38.6 Å². The number of aromatic nitrogens is 1. The number of aliphatic hydroxyl groups is 2. The van der Waals surface area contributed by atoms with Crippen molar-refractivity contribution in [2.45, 2.75) is 60.1 Å². The van der Waals surface area contributed by atoms with Crippen LogP contribution >= 0.6 is 11.3 Å². The summed E-state index contributed by atoms with van der Waals surface area (Å²) in [7, 11) is 2.96. The van der Waals surface area contributed by atoms with Gasteiger partial charge in [-0.25, -0.2) is 4.98 Å². The second-order valence-corrected chi connectivity index (χ2v) is 11.6. The zero-order valence-electron chi connectivity index (χ0n) is 29.2. The Kier molecular flexibility index (Phi) is 33.7. The molecule has 0 aliphatic carbocycles. The molecule has 1 aromatic carbocycles. The Hall–Kier alpha value is -3.11. The highest BCUT2D eigenvalue weighted by atomic mass is 32.1. The highest BCUT2D eigenvalue weighted by molar-refractivity contribution is 7.13. The van der Waals surface area contributed by atoms with Gasteiger partial charge in [0.15, 0.2) is 0 Å². The number of carbonyl (C=O) groups excluding carboxylic acids is 4. The molecule has 1 fully saturated rings. The fourth-order valence-electron chi connectivity index (χ4n) is 3.70. The number of hydrogen-bond acceptors (Lipinski definition) is 12. The molecule has 1 unspecified atom stereocenters. The van der Waals surface area contributed by atoms with Gasteiger partial charge in [-0.3, -0.25) is 9.59 Å². The molecule has 2 aromatic rings. The molecule has 13 nitrogen and oxygen atoms in total. The van der Waals surface area contributed by atoms with E-state index in [9.17, 15) is 14.7 Å². The van der Waals surface area contributed by atoms with Crippen molar-refractivity contribution in [2.75, 3.05) is 66.9 Å². The summed E-state index contributed by atoms with van der Waals surface area (Å²) in [6.45, 7) is 17.3. The number of aldehydes is 1. The SMILES string of the molecule is C=O.CC(C)(C)CC(=O)N1CCC(O)C1.CCOCCOCCOCC=O.CNCc1ccc(-c2scnc2C)cc1.CO.NC=O. The van der Waals surface area contributed by atoms with Crippen molar-refractivity contribution in [3.63, 3.8) is 0 Å². The number of hydrogen-bond donors (Lipinski definition) is 4. The van der Waals surface area contributed by atoms with Crippen molar-refractivity contribution in [1.82, 2.24) is 15.2 Å². The molecule has 47 heavy (non-hydrogen) atoms. The van der Waals surface area contributed by atoms with Gasteiger partial charge in [0, 0.05) is 39.8 Å². The number of aryl methyl sites for hydroxylation is 1. The van der Waals surface area contributed by atoms with Gasteiger partial charge in [-0.05, 0) is 43.9 Å². The highest BCUT2D eigenvalue weighted by Gasteiger charge is 2.27. The van der Waals surface area contributed by atoms with E-state index in [1.807, 2.05) is 33.2 Å². The summed E-state index contributed by atoms with van der Waals surface area (Å²) in [5.41, 5.74) is 9.79. The van der Waals surface area contributed by atoms with Crippen molar-refractivity contribution in [3.05, 3.63) is 41.0 Å². The standard InChI is InChI=1S/C12H14N2S.C10H19NO2.C8H16O4.CH3NO.CH4O.CH2O/c1-9-12(15-8-14-9)11-5-3-10(4-6-11)7-13-2;1-10(2,3)6-9(13)11-5-4-8(12)7-11;1-2-10-5-6-12-8-7-11-4-3-9;2-1-3;2*1-2/h3-6,8,13H,7H2,1-2H3;8,12H,4-7H2,1-3H3;3H,2,4-8H2,1H3;1H,(H2,2,3);2H,1H3;1H2. The number of amides is 2. The van der Waals surface area contributed by atoms with E-state index in [0.29, 0.717) is 46.0 Å². The molecule has 0 radical (unpaired) electrons. The summed E-state index contributed by atoms with van der Waals surface area (Å²) in [5.74, 6) is 0.170. The molecule has 2 amide bonds. The average molecular weight is 687 g/mol. The maximum absolute atomic E-state index is 11.6. The van der Waals surface area contributed by atoms with E-state index < -0.39 is 0 Å². The van der Waals surface area contributed by atoms with Crippen molar-refractivity contribution < 1.29 is 43.6 Å². The summed E-state index contributed by atoms with van der Waals surface area (Å²) in [6, 6.07) is 8.64. The fourth-order valence-corrected chi connectivity index (χ4v) is 4.52. The quantitative estimate of drug-likeness (QED) is 0.179. The van der Waals surface area contributed by atoms with Gasteiger partial charge in [-0.2, -0.15) is 0 Å². The Labute approximate surface area is 284 Å². The number of carbonyl (C=O) groups is 4. The zero-order valence-corrected chi connectivity index (χ0v) is 30.1. The number of rotatable bonds is 13. The molecule has 270 valence electrons. The minimum atomic E-state index is -0.302. The van der Waals surface area contributed by atoms with Crippen LogP contribution in [0.2, 0.25) is 0 Å². The predicted molar refractivity (Wildman–Crippen MR) is 186 cm³/mol. The number of likely N-dealkylation sites (tertiary alicyclic amines) is 1. The van der Waals surface area contributed by atoms with Crippen LogP contribution in [0.1, 0.15) is 51.8 Å². The lowest BCUT2D eigenvalue weighted by molar-refractivity contribution is -0.132. The number of benzene rings is 1. The van der Waals surface area contributed by atoms with Crippen LogP contribution in [0.3, 0.4) is 0 Å². The van der Waals surface area contributed by atoms with E-state index in [-0.39, 0.29) is 30.4 Å². The largest absolute Gasteiger partial charge is 0.400 e. The minimum absolute atomic E-state index is 0.0463. The zero-order chi connectivity index (χ0) is 36.5. The van der Waals surface area contributed by atoms with Crippen molar-refractivity contribution in [2.24, 2.45) is 11.1 Å². The van der Waals surface area contributed by atoms with Gasteiger partial charge in [0.2, 0.25) is 12.3 Å². The van der Waals surface area contributed by atoms with Crippen LogP contribution in [0.25, 0.3) is 10.4 Å². The number of nitrogens with two attached hydrogens (primary N) is 1. The summed E-state index contributed by atoms with van der Waals surface area (Å²) in [5, 5.41) is 19.4. The van der Waals surface area contributed by atoms with E-state index in [4.69, 9.17) is 28.9 Å². The second-order valence-electron chi connectivity index (χ2n) is 10.7. The Morgan fingerprint density at radius 3 is 2.09 bits per heavy atom. The minimum Gasteiger partial charge on any atom is -0.400 e. The van der Waals surface area contributed by atoms with Gasteiger partial charge < -0.3 is 50.0 Å². The molecule has 14 heteroatoms. The third-order valence-electron chi connectivity index (χ3n) is 5.67. The molecule has 0 saturated carbocycles. The Bertz CT molecular complexity index is 1020. The van der Waals surface area contributed by atoms with Crippen molar-refractivity contribution in [1.29, 1.82) is 0 Å².